The number of ether oxygens (including phenoxy) is 1. The van der Waals surface area contributed by atoms with Gasteiger partial charge in [-0.15, -0.1) is 0 Å². The van der Waals surface area contributed by atoms with Gasteiger partial charge in [0, 0.05) is 10.5 Å². The van der Waals surface area contributed by atoms with Crippen LogP contribution in [0.25, 0.3) is 17.4 Å². The average molecular weight is 401 g/mol. The van der Waals surface area contributed by atoms with E-state index >= 15 is 0 Å². The fourth-order valence-corrected chi connectivity index (χ4v) is 2.53. The van der Waals surface area contributed by atoms with Crippen molar-refractivity contribution in [2.45, 2.75) is 0 Å². The molecule has 0 atom stereocenters. The van der Waals surface area contributed by atoms with Gasteiger partial charge in [-0.3, -0.25) is 4.79 Å². The van der Waals surface area contributed by atoms with E-state index in [1.54, 1.807) is 13.2 Å². The van der Waals surface area contributed by atoms with Gasteiger partial charge in [0.15, 0.2) is 5.76 Å². The summed E-state index contributed by atoms with van der Waals surface area (Å²) in [6, 6.07) is 7.39. The molecule has 0 fully saturated rings. The van der Waals surface area contributed by atoms with E-state index in [0.717, 1.165) is 14.5 Å². The number of primary amides is 1. The lowest BCUT2D eigenvalue weighted by Gasteiger charge is -2.07. The number of carbonyl (C=O) groups is 1. The molecule has 2 aromatic rings. The second kappa shape index (κ2) is 6.28. The molecule has 1 aromatic heterocycles. The molecule has 0 aliphatic rings. The van der Waals surface area contributed by atoms with Crippen molar-refractivity contribution in [1.29, 1.82) is 0 Å². The minimum atomic E-state index is -0.528. The standard InChI is InChI=1S/C14H11Br2NO3/c1-19-12-6-8(15)2-4-10(12)14-11(16)7-9(20-14)3-5-13(17)18/h2-7H,1H3,(H2,17,18)/b5-3-. The number of furan rings is 1. The van der Waals surface area contributed by atoms with Gasteiger partial charge >= 0.3 is 0 Å². The molecule has 0 aliphatic heterocycles. The van der Waals surface area contributed by atoms with Crippen LogP contribution in [0.4, 0.5) is 0 Å². The van der Waals surface area contributed by atoms with Crippen LogP contribution in [-0.4, -0.2) is 13.0 Å². The predicted octanol–water partition coefficient (Wildman–Crippen LogP) is 3.98. The number of rotatable bonds is 4. The number of benzene rings is 1. The zero-order valence-electron chi connectivity index (χ0n) is 10.5. The van der Waals surface area contributed by atoms with Crippen LogP contribution in [0.1, 0.15) is 5.76 Å². The monoisotopic (exact) mass is 399 g/mol. The molecule has 0 unspecified atom stereocenters. The van der Waals surface area contributed by atoms with Crippen LogP contribution in [0, 0.1) is 0 Å². The smallest absolute Gasteiger partial charge is 0.241 e. The van der Waals surface area contributed by atoms with Gasteiger partial charge in [-0.1, -0.05) is 15.9 Å². The summed E-state index contributed by atoms with van der Waals surface area (Å²) >= 11 is 6.82. The van der Waals surface area contributed by atoms with E-state index in [1.165, 1.54) is 12.2 Å². The second-order valence-electron chi connectivity index (χ2n) is 3.91. The largest absolute Gasteiger partial charge is 0.496 e. The van der Waals surface area contributed by atoms with Gasteiger partial charge in [-0.25, -0.2) is 0 Å². The van der Waals surface area contributed by atoms with Crippen LogP contribution >= 0.6 is 31.9 Å². The van der Waals surface area contributed by atoms with Crippen molar-refractivity contribution in [3.63, 3.8) is 0 Å². The summed E-state index contributed by atoms with van der Waals surface area (Å²) in [7, 11) is 1.59. The Morgan fingerprint density at radius 1 is 1.35 bits per heavy atom. The second-order valence-corrected chi connectivity index (χ2v) is 5.68. The van der Waals surface area contributed by atoms with Gasteiger partial charge in [-0.05, 0) is 46.3 Å². The Morgan fingerprint density at radius 2 is 2.10 bits per heavy atom. The molecular formula is C14H11Br2NO3. The van der Waals surface area contributed by atoms with Gasteiger partial charge in [0.1, 0.15) is 11.5 Å². The van der Waals surface area contributed by atoms with Crippen molar-refractivity contribution >= 4 is 43.8 Å². The first-order valence-corrected chi connectivity index (χ1v) is 7.20. The summed E-state index contributed by atoms with van der Waals surface area (Å²) in [5.74, 6) is 1.30. The van der Waals surface area contributed by atoms with E-state index in [4.69, 9.17) is 14.9 Å². The van der Waals surface area contributed by atoms with Crippen LogP contribution in [0.5, 0.6) is 5.75 Å². The molecule has 1 amide bonds. The molecule has 20 heavy (non-hydrogen) atoms. The molecule has 0 saturated carbocycles. The Morgan fingerprint density at radius 3 is 2.75 bits per heavy atom. The molecule has 4 nitrogen and oxygen atoms in total. The molecular weight excluding hydrogens is 390 g/mol. The third kappa shape index (κ3) is 3.32. The average Bonchev–Trinajstić information content (AvgIpc) is 2.77. The van der Waals surface area contributed by atoms with E-state index in [0.29, 0.717) is 17.3 Å². The minimum absolute atomic E-state index is 0.524. The molecule has 104 valence electrons. The summed E-state index contributed by atoms with van der Waals surface area (Å²) < 4.78 is 12.7. The highest BCUT2D eigenvalue weighted by Crippen LogP contribution is 2.38. The van der Waals surface area contributed by atoms with Crippen LogP contribution < -0.4 is 10.5 Å². The van der Waals surface area contributed by atoms with E-state index < -0.39 is 5.91 Å². The Kier molecular flexibility index (Phi) is 4.67. The summed E-state index contributed by atoms with van der Waals surface area (Å²) in [6.45, 7) is 0. The molecule has 0 aliphatic carbocycles. The van der Waals surface area contributed by atoms with Crippen molar-refractivity contribution in [2.24, 2.45) is 5.73 Å². The first-order valence-electron chi connectivity index (χ1n) is 5.62. The van der Waals surface area contributed by atoms with Gasteiger partial charge in [0.25, 0.3) is 0 Å². The summed E-state index contributed by atoms with van der Waals surface area (Å²) in [6.07, 6.45) is 2.76. The molecule has 1 heterocycles. The SMILES string of the molecule is COc1cc(Br)ccc1-c1oc(/C=C\C(N)=O)cc1Br. The van der Waals surface area contributed by atoms with Crippen LogP contribution in [-0.2, 0) is 4.79 Å². The Balaban J connectivity index is 2.46. The van der Waals surface area contributed by atoms with E-state index in [-0.39, 0.29) is 0 Å². The molecule has 6 heteroatoms. The molecule has 0 radical (unpaired) electrons. The van der Waals surface area contributed by atoms with E-state index in [1.807, 2.05) is 18.2 Å². The lowest BCUT2D eigenvalue weighted by atomic mass is 10.1. The molecule has 1 aromatic carbocycles. The highest BCUT2D eigenvalue weighted by atomic mass is 79.9. The lowest BCUT2D eigenvalue weighted by molar-refractivity contribution is -0.113. The Labute approximate surface area is 132 Å². The maximum Gasteiger partial charge on any atom is 0.241 e. The van der Waals surface area contributed by atoms with Crippen molar-refractivity contribution in [1.82, 2.24) is 0 Å². The van der Waals surface area contributed by atoms with Gasteiger partial charge in [-0.2, -0.15) is 0 Å². The van der Waals surface area contributed by atoms with Gasteiger partial charge in [0.2, 0.25) is 5.91 Å². The number of methoxy groups -OCH3 is 1. The van der Waals surface area contributed by atoms with E-state index in [9.17, 15) is 4.79 Å². The van der Waals surface area contributed by atoms with Crippen molar-refractivity contribution in [3.05, 3.63) is 45.0 Å². The molecule has 2 N–H and O–H groups in total. The third-order valence-electron chi connectivity index (χ3n) is 2.53. The van der Waals surface area contributed by atoms with Crippen LogP contribution in [0.3, 0.4) is 0 Å². The van der Waals surface area contributed by atoms with Crippen molar-refractivity contribution in [2.75, 3.05) is 7.11 Å². The number of hydrogen-bond donors (Lipinski definition) is 1. The summed E-state index contributed by atoms with van der Waals surface area (Å²) in [5, 5.41) is 0. The van der Waals surface area contributed by atoms with Crippen LogP contribution in [0.15, 0.2) is 43.7 Å². The number of hydrogen-bond acceptors (Lipinski definition) is 3. The normalized spacial score (nSPS) is 10.9. The molecule has 0 bridgehead atoms. The molecule has 0 spiro atoms. The van der Waals surface area contributed by atoms with Crippen molar-refractivity contribution < 1.29 is 13.9 Å². The summed E-state index contributed by atoms with van der Waals surface area (Å²) in [4.78, 5) is 10.7. The topological polar surface area (TPSA) is 65.5 Å². The first-order chi connectivity index (χ1) is 9.51. The van der Waals surface area contributed by atoms with Crippen molar-refractivity contribution in [3.8, 4) is 17.1 Å². The Bertz CT molecular complexity index is 677. The highest BCUT2D eigenvalue weighted by molar-refractivity contribution is 9.10. The zero-order valence-corrected chi connectivity index (χ0v) is 13.7. The maximum absolute atomic E-state index is 10.7. The van der Waals surface area contributed by atoms with Gasteiger partial charge in [0.05, 0.1) is 17.1 Å². The summed E-state index contributed by atoms with van der Waals surface area (Å²) in [5.41, 5.74) is 5.86. The molecule has 2 rings (SSSR count). The lowest BCUT2D eigenvalue weighted by Crippen LogP contribution is -2.04. The number of halogens is 2. The predicted molar refractivity (Wildman–Crippen MR) is 84.3 cm³/mol. The van der Waals surface area contributed by atoms with Crippen LogP contribution in [0.2, 0.25) is 0 Å². The fourth-order valence-electron chi connectivity index (χ4n) is 1.67. The Hall–Kier alpha value is -1.53. The quantitative estimate of drug-likeness (QED) is 0.789. The number of carbonyl (C=O) groups excluding carboxylic acids is 1. The maximum atomic E-state index is 10.7. The highest BCUT2D eigenvalue weighted by Gasteiger charge is 2.15. The minimum Gasteiger partial charge on any atom is -0.496 e. The fraction of sp³-hybridized carbons (Fsp3) is 0.0714. The van der Waals surface area contributed by atoms with Gasteiger partial charge < -0.3 is 14.9 Å². The first kappa shape index (κ1) is 14.9. The third-order valence-corrected chi connectivity index (χ3v) is 3.61. The molecule has 0 saturated heterocycles. The number of amides is 1. The zero-order chi connectivity index (χ0) is 14.7. The number of nitrogens with two attached hydrogens (primary N) is 1. The van der Waals surface area contributed by atoms with E-state index in [2.05, 4.69) is 31.9 Å².